The number of nitrogens with zero attached hydrogens (tertiary/aromatic N) is 3. The highest BCUT2D eigenvalue weighted by Gasteiger charge is 2.02. The van der Waals surface area contributed by atoms with E-state index in [-0.39, 0.29) is 0 Å². The number of nitrogens with one attached hydrogen (secondary N) is 2. The predicted molar refractivity (Wildman–Crippen MR) is 87.4 cm³/mol. The number of anilines is 1. The van der Waals surface area contributed by atoms with Gasteiger partial charge in [-0.1, -0.05) is 46.7 Å². The van der Waals surface area contributed by atoms with E-state index in [2.05, 4.69) is 48.6 Å². The first-order chi connectivity index (χ1) is 9.69. The van der Waals surface area contributed by atoms with E-state index in [0.717, 1.165) is 33.1 Å². The minimum absolute atomic E-state index is 0.556. The Hall–Kier alpha value is -1.34. The van der Waals surface area contributed by atoms with E-state index in [1.54, 1.807) is 11.8 Å². The first-order valence-electron chi connectivity index (χ1n) is 6.30. The number of hydrazone groups is 1. The fraction of sp³-hybridized carbons (Fsp3) is 0.308. The average molecular weight is 354 g/mol. The zero-order chi connectivity index (χ0) is 14.4. The number of thioether (sulfide) groups is 1. The molecule has 2 rings (SSSR count). The normalized spacial score (nSPS) is 11.7. The third-order valence-electron chi connectivity index (χ3n) is 2.49. The number of hydrogen-bond donors (Lipinski definition) is 2. The Morgan fingerprint density at radius 2 is 2.15 bits per heavy atom. The van der Waals surface area contributed by atoms with Gasteiger partial charge in [-0.15, -0.1) is 5.10 Å². The molecule has 2 N–H and O–H groups in total. The Morgan fingerprint density at radius 1 is 1.40 bits per heavy atom. The van der Waals surface area contributed by atoms with Gasteiger partial charge in [-0.3, -0.25) is 0 Å². The lowest BCUT2D eigenvalue weighted by atomic mass is 10.1. The summed E-state index contributed by atoms with van der Waals surface area (Å²) in [5.74, 6) is 1.57. The lowest BCUT2D eigenvalue weighted by molar-refractivity contribution is 0.968. The molecular formula is C13H16BrN5S. The molecule has 0 aliphatic heterocycles. The summed E-state index contributed by atoms with van der Waals surface area (Å²) < 4.78 is 1.05. The molecule has 1 aromatic carbocycles. The van der Waals surface area contributed by atoms with Gasteiger partial charge < -0.3 is 0 Å². The van der Waals surface area contributed by atoms with Crippen LogP contribution in [-0.4, -0.2) is 26.6 Å². The van der Waals surface area contributed by atoms with E-state index < -0.39 is 0 Å². The predicted octanol–water partition coefficient (Wildman–Crippen LogP) is 3.91. The van der Waals surface area contributed by atoms with Crippen molar-refractivity contribution in [2.75, 3.05) is 11.2 Å². The van der Waals surface area contributed by atoms with Gasteiger partial charge in [0.1, 0.15) is 0 Å². The van der Waals surface area contributed by atoms with Gasteiger partial charge in [-0.25, -0.2) is 10.5 Å². The number of H-pyrrole nitrogens is 1. The van der Waals surface area contributed by atoms with Crippen molar-refractivity contribution in [1.82, 2.24) is 15.2 Å². The molecule has 0 unspecified atom stereocenters. The molecule has 0 aliphatic carbocycles. The SMILES string of the molecule is CCCSc1n[nH]c(N/N=C(/C)c2ccc(Br)cc2)n1. The highest BCUT2D eigenvalue weighted by Crippen LogP contribution is 2.15. The van der Waals surface area contributed by atoms with Crippen molar-refractivity contribution in [2.24, 2.45) is 5.10 Å². The van der Waals surface area contributed by atoms with Gasteiger partial charge in [-0.2, -0.15) is 10.1 Å². The third-order valence-corrected chi connectivity index (χ3v) is 4.07. The Kier molecular flexibility index (Phi) is 5.60. The van der Waals surface area contributed by atoms with E-state index in [1.807, 2.05) is 31.2 Å². The molecule has 106 valence electrons. The van der Waals surface area contributed by atoms with Crippen molar-refractivity contribution in [1.29, 1.82) is 0 Å². The molecule has 7 heteroatoms. The molecule has 1 aromatic heterocycles. The molecule has 0 spiro atoms. The quantitative estimate of drug-likeness (QED) is 0.469. The van der Waals surface area contributed by atoms with E-state index in [1.165, 1.54) is 0 Å². The Labute approximate surface area is 130 Å². The molecule has 0 saturated carbocycles. The monoisotopic (exact) mass is 353 g/mol. The fourth-order valence-electron chi connectivity index (χ4n) is 1.45. The van der Waals surface area contributed by atoms with Crippen molar-refractivity contribution in [3.63, 3.8) is 0 Å². The largest absolute Gasteiger partial charge is 0.245 e. The third kappa shape index (κ3) is 4.35. The van der Waals surface area contributed by atoms with Crippen molar-refractivity contribution in [2.45, 2.75) is 25.4 Å². The van der Waals surface area contributed by atoms with Crippen LogP contribution in [0.25, 0.3) is 0 Å². The van der Waals surface area contributed by atoms with Crippen molar-refractivity contribution >= 4 is 39.4 Å². The summed E-state index contributed by atoms with van der Waals surface area (Å²) in [4.78, 5) is 4.30. The van der Waals surface area contributed by atoms with E-state index in [9.17, 15) is 0 Å². The van der Waals surface area contributed by atoms with Gasteiger partial charge in [-0.05, 0) is 31.0 Å². The summed E-state index contributed by atoms with van der Waals surface area (Å²) in [5, 5.41) is 12.0. The van der Waals surface area contributed by atoms with Crippen LogP contribution in [0.3, 0.4) is 0 Å². The Bertz CT molecular complexity index is 579. The first kappa shape index (κ1) is 15.1. The van der Waals surface area contributed by atoms with Gasteiger partial charge in [0.2, 0.25) is 11.1 Å². The van der Waals surface area contributed by atoms with Crippen LogP contribution in [0.5, 0.6) is 0 Å². The average Bonchev–Trinajstić information content (AvgIpc) is 2.91. The molecule has 5 nitrogen and oxygen atoms in total. The molecule has 0 saturated heterocycles. The maximum atomic E-state index is 4.30. The molecule has 0 aliphatic rings. The van der Waals surface area contributed by atoms with Gasteiger partial charge >= 0.3 is 0 Å². The molecule has 0 bridgehead atoms. The number of halogens is 1. The highest BCUT2D eigenvalue weighted by atomic mass is 79.9. The second-order valence-electron chi connectivity index (χ2n) is 4.13. The topological polar surface area (TPSA) is 66.0 Å². The molecule has 20 heavy (non-hydrogen) atoms. The summed E-state index contributed by atoms with van der Waals surface area (Å²) in [6.07, 6.45) is 1.10. The molecule has 1 heterocycles. The first-order valence-corrected chi connectivity index (χ1v) is 8.08. The lowest BCUT2D eigenvalue weighted by Gasteiger charge is -2.01. The molecule has 2 aromatic rings. The molecule has 0 fully saturated rings. The fourth-order valence-corrected chi connectivity index (χ4v) is 2.36. The summed E-state index contributed by atoms with van der Waals surface area (Å²) in [6, 6.07) is 7.99. The standard InChI is InChI=1S/C13H16BrN5S/c1-3-8-20-13-15-12(18-19-13)17-16-9(2)10-4-6-11(14)7-5-10/h4-7H,3,8H2,1-2H3,(H2,15,17,18,19)/b16-9-. The number of rotatable bonds is 6. The van der Waals surface area contributed by atoms with Gasteiger partial charge in [0.15, 0.2) is 0 Å². The van der Waals surface area contributed by atoms with Crippen LogP contribution in [0.1, 0.15) is 25.8 Å². The number of benzene rings is 1. The van der Waals surface area contributed by atoms with Crippen LogP contribution < -0.4 is 5.43 Å². The van der Waals surface area contributed by atoms with Crippen molar-refractivity contribution in [3.8, 4) is 0 Å². The lowest BCUT2D eigenvalue weighted by Crippen LogP contribution is -2.00. The molecule has 0 amide bonds. The van der Waals surface area contributed by atoms with Crippen LogP contribution in [0.2, 0.25) is 0 Å². The Morgan fingerprint density at radius 3 is 2.85 bits per heavy atom. The number of hydrogen-bond acceptors (Lipinski definition) is 5. The van der Waals surface area contributed by atoms with E-state index in [4.69, 9.17) is 0 Å². The van der Waals surface area contributed by atoms with Gasteiger partial charge in [0.05, 0.1) is 5.71 Å². The zero-order valence-corrected chi connectivity index (χ0v) is 13.8. The van der Waals surface area contributed by atoms with Crippen LogP contribution in [0, 0.1) is 0 Å². The van der Waals surface area contributed by atoms with Gasteiger partial charge in [0.25, 0.3) is 0 Å². The minimum Gasteiger partial charge on any atom is -0.245 e. The Balaban J connectivity index is 1.97. The second kappa shape index (κ2) is 7.44. The summed E-state index contributed by atoms with van der Waals surface area (Å²) in [5.41, 5.74) is 4.83. The van der Waals surface area contributed by atoms with Crippen LogP contribution in [0.15, 0.2) is 39.0 Å². The number of aromatic nitrogens is 3. The second-order valence-corrected chi connectivity index (χ2v) is 6.11. The van der Waals surface area contributed by atoms with Crippen LogP contribution >= 0.6 is 27.7 Å². The smallest absolute Gasteiger partial charge is 0.240 e. The zero-order valence-electron chi connectivity index (χ0n) is 11.4. The van der Waals surface area contributed by atoms with Crippen LogP contribution in [-0.2, 0) is 0 Å². The molecular weight excluding hydrogens is 338 g/mol. The van der Waals surface area contributed by atoms with E-state index in [0.29, 0.717) is 5.95 Å². The summed E-state index contributed by atoms with van der Waals surface area (Å²) >= 11 is 5.04. The molecule has 0 radical (unpaired) electrons. The maximum Gasteiger partial charge on any atom is 0.240 e. The van der Waals surface area contributed by atoms with Gasteiger partial charge in [0, 0.05) is 10.2 Å². The minimum atomic E-state index is 0.556. The van der Waals surface area contributed by atoms with Crippen LogP contribution in [0.4, 0.5) is 5.95 Å². The maximum absolute atomic E-state index is 4.30. The highest BCUT2D eigenvalue weighted by molar-refractivity contribution is 9.10. The van der Waals surface area contributed by atoms with Crippen molar-refractivity contribution < 1.29 is 0 Å². The summed E-state index contributed by atoms with van der Waals surface area (Å²) in [7, 11) is 0. The molecule has 0 atom stereocenters. The summed E-state index contributed by atoms with van der Waals surface area (Å²) in [6.45, 7) is 4.07. The number of aromatic amines is 1. The van der Waals surface area contributed by atoms with Crippen molar-refractivity contribution in [3.05, 3.63) is 34.3 Å². The van der Waals surface area contributed by atoms with E-state index >= 15 is 0 Å².